The second-order valence-corrected chi connectivity index (χ2v) is 8.65. The molecule has 2 aromatic rings. The maximum Gasteiger partial charge on any atom is 0.272 e. The Morgan fingerprint density at radius 3 is 2.53 bits per heavy atom. The van der Waals surface area contributed by atoms with Crippen molar-refractivity contribution in [2.24, 2.45) is 0 Å². The molecule has 0 radical (unpaired) electrons. The van der Waals surface area contributed by atoms with Crippen molar-refractivity contribution < 1.29 is 8.42 Å². The molecule has 0 saturated carbocycles. The van der Waals surface area contributed by atoms with Crippen molar-refractivity contribution in [2.75, 3.05) is 4.72 Å². The van der Waals surface area contributed by atoms with Gasteiger partial charge in [0.05, 0.1) is 8.81 Å². The fraction of sp³-hybridized carbons (Fsp3) is 0.182. The fourth-order valence-electron chi connectivity index (χ4n) is 1.54. The second kappa shape index (κ2) is 5.40. The van der Waals surface area contributed by atoms with Crippen molar-refractivity contribution in [1.82, 2.24) is 4.98 Å². The van der Waals surface area contributed by atoms with Gasteiger partial charge in [-0.2, -0.15) is 0 Å². The number of sulfonamides is 1. The summed E-state index contributed by atoms with van der Waals surface area (Å²) >= 11 is 10.1. The molecule has 2 rings (SSSR count). The number of aryl methyl sites for hydroxylation is 2. The molecule has 0 aliphatic carbocycles. The lowest BCUT2D eigenvalue weighted by Crippen LogP contribution is -2.13. The Hall–Kier alpha value is -0.630. The van der Waals surface area contributed by atoms with Crippen LogP contribution in [-0.4, -0.2) is 13.4 Å². The van der Waals surface area contributed by atoms with Crippen molar-refractivity contribution in [3.05, 3.63) is 38.3 Å². The number of pyridine rings is 1. The molecule has 0 fully saturated rings. The van der Waals surface area contributed by atoms with Gasteiger partial charge >= 0.3 is 0 Å². The van der Waals surface area contributed by atoms with E-state index in [1.54, 1.807) is 6.07 Å². The van der Waals surface area contributed by atoms with Crippen molar-refractivity contribution in [1.29, 1.82) is 0 Å². The van der Waals surface area contributed by atoms with Crippen molar-refractivity contribution in [2.45, 2.75) is 18.1 Å². The Kier molecular flexibility index (Phi) is 4.20. The van der Waals surface area contributed by atoms with Crippen LogP contribution in [0, 0.1) is 13.8 Å². The van der Waals surface area contributed by atoms with Gasteiger partial charge < -0.3 is 0 Å². The molecule has 0 atom stereocenters. The summed E-state index contributed by atoms with van der Waals surface area (Å²) in [6.07, 6.45) is 0. The first-order valence-electron chi connectivity index (χ1n) is 5.21. The zero-order valence-electron chi connectivity index (χ0n) is 10.1. The summed E-state index contributed by atoms with van der Waals surface area (Å²) in [6.45, 7) is 3.69. The third kappa shape index (κ3) is 3.47. The summed E-state index contributed by atoms with van der Waals surface area (Å²) in [5.74, 6) is 0.304. The molecule has 0 amide bonds. The van der Waals surface area contributed by atoms with Crippen molar-refractivity contribution in [3.63, 3.8) is 0 Å². The van der Waals surface area contributed by atoms with Gasteiger partial charge in [0, 0.05) is 5.69 Å². The molecule has 8 heteroatoms. The van der Waals surface area contributed by atoms with Crippen LogP contribution in [0.25, 0.3) is 0 Å². The van der Waals surface area contributed by atoms with Crippen LogP contribution in [-0.2, 0) is 10.0 Å². The van der Waals surface area contributed by atoms with Crippen molar-refractivity contribution >= 4 is 54.7 Å². The molecule has 2 aromatic heterocycles. The molecular weight excluding hydrogens is 372 g/mol. The summed E-state index contributed by atoms with van der Waals surface area (Å²) in [6, 6.07) is 4.95. The predicted octanol–water partition coefficient (Wildman–Crippen LogP) is 3.98. The van der Waals surface area contributed by atoms with Crippen LogP contribution in [0.2, 0.25) is 5.02 Å². The number of aromatic nitrogens is 1. The lowest BCUT2D eigenvalue weighted by Gasteiger charge is -2.07. The second-order valence-electron chi connectivity index (χ2n) is 3.96. The first kappa shape index (κ1) is 14.8. The maximum atomic E-state index is 12.2. The standard InChI is InChI=1S/C11H10BrClN2O2S2/c1-6-3-7(2)14-9(4-6)15-19(16,17)10-5-8(13)11(12)18-10/h3-5H,1-2H3,(H,14,15). The molecule has 0 spiro atoms. The van der Waals surface area contributed by atoms with E-state index in [1.807, 2.05) is 19.9 Å². The van der Waals surface area contributed by atoms with E-state index >= 15 is 0 Å². The monoisotopic (exact) mass is 380 g/mol. The van der Waals surface area contributed by atoms with Crippen LogP contribution < -0.4 is 4.72 Å². The minimum Gasteiger partial charge on any atom is -0.263 e. The van der Waals surface area contributed by atoms with Gasteiger partial charge in [-0.3, -0.25) is 4.72 Å². The first-order chi connectivity index (χ1) is 8.78. The van der Waals surface area contributed by atoms with Gasteiger partial charge in [0.1, 0.15) is 10.0 Å². The van der Waals surface area contributed by atoms with Gasteiger partial charge in [-0.15, -0.1) is 11.3 Å². The number of rotatable bonds is 3. The third-order valence-electron chi connectivity index (χ3n) is 2.22. The molecule has 0 aliphatic heterocycles. The summed E-state index contributed by atoms with van der Waals surface area (Å²) in [4.78, 5) is 4.14. The average molecular weight is 382 g/mol. The van der Waals surface area contributed by atoms with E-state index in [0.717, 1.165) is 22.6 Å². The molecule has 4 nitrogen and oxygen atoms in total. The highest BCUT2D eigenvalue weighted by atomic mass is 79.9. The summed E-state index contributed by atoms with van der Waals surface area (Å²) < 4.78 is 27.5. The van der Waals surface area contributed by atoms with E-state index in [-0.39, 0.29) is 4.21 Å². The number of hydrogen-bond donors (Lipinski definition) is 1. The Morgan fingerprint density at radius 2 is 2.00 bits per heavy atom. The van der Waals surface area contributed by atoms with E-state index in [2.05, 4.69) is 25.6 Å². The quantitative estimate of drug-likeness (QED) is 0.875. The molecule has 0 aromatic carbocycles. The van der Waals surface area contributed by atoms with Crippen LogP contribution in [0.1, 0.15) is 11.3 Å². The zero-order valence-corrected chi connectivity index (χ0v) is 14.0. The van der Waals surface area contributed by atoms with Gasteiger partial charge in [0.15, 0.2) is 0 Å². The highest BCUT2D eigenvalue weighted by Crippen LogP contribution is 2.35. The molecule has 19 heavy (non-hydrogen) atoms. The highest BCUT2D eigenvalue weighted by Gasteiger charge is 2.19. The molecular formula is C11H10BrClN2O2S2. The van der Waals surface area contributed by atoms with Crippen molar-refractivity contribution in [3.8, 4) is 0 Å². The van der Waals surface area contributed by atoms with Gasteiger partial charge in [0.25, 0.3) is 10.0 Å². The average Bonchev–Trinajstić information content (AvgIpc) is 2.57. The fourth-order valence-corrected chi connectivity index (χ4v) is 4.93. The van der Waals surface area contributed by atoms with Crippen LogP contribution in [0.4, 0.5) is 5.82 Å². The Bertz CT molecular complexity index is 689. The van der Waals surface area contributed by atoms with E-state index in [9.17, 15) is 8.42 Å². The SMILES string of the molecule is Cc1cc(C)nc(NS(=O)(=O)c2cc(Cl)c(Br)s2)c1. The molecule has 102 valence electrons. The van der Waals surface area contributed by atoms with Gasteiger partial charge in [0.2, 0.25) is 0 Å². The Labute approximate surface area is 129 Å². The first-order valence-corrected chi connectivity index (χ1v) is 8.68. The van der Waals surface area contributed by atoms with Gasteiger partial charge in [-0.1, -0.05) is 11.6 Å². The number of thiophene rings is 1. The highest BCUT2D eigenvalue weighted by molar-refractivity contribution is 9.11. The summed E-state index contributed by atoms with van der Waals surface area (Å²) in [5, 5.41) is 0.374. The minimum atomic E-state index is -3.66. The lowest BCUT2D eigenvalue weighted by molar-refractivity contribution is 0.603. The van der Waals surface area contributed by atoms with Crippen LogP contribution in [0.15, 0.2) is 26.2 Å². The van der Waals surface area contributed by atoms with Crippen LogP contribution in [0.3, 0.4) is 0 Å². The van der Waals surface area contributed by atoms with Crippen LogP contribution >= 0.6 is 38.9 Å². The maximum absolute atomic E-state index is 12.2. The van der Waals surface area contributed by atoms with E-state index in [1.165, 1.54) is 6.07 Å². The zero-order chi connectivity index (χ0) is 14.2. The van der Waals surface area contributed by atoms with E-state index in [0.29, 0.717) is 14.6 Å². The third-order valence-corrected chi connectivity index (χ3v) is 6.53. The van der Waals surface area contributed by atoms with E-state index in [4.69, 9.17) is 11.6 Å². The van der Waals surface area contributed by atoms with Gasteiger partial charge in [-0.25, -0.2) is 13.4 Å². The normalized spacial score (nSPS) is 11.6. The smallest absolute Gasteiger partial charge is 0.263 e. The molecule has 1 N–H and O–H groups in total. The molecule has 0 aliphatic rings. The molecule has 0 saturated heterocycles. The summed E-state index contributed by atoms with van der Waals surface area (Å²) in [5.41, 5.74) is 1.69. The lowest BCUT2D eigenvalue weighted by atomic mass is 10.2. The number of nitrogens with zero attached hydrogens (tertiary/aromatic N) is 1. The molecule has 2 heterocycles. The molecule has 0 bridgehead atoms. The number of anilines is 1. The van der Waals surface area contributed by atoms with Crippen LogP contribution in [0.5, 0.6) is 0 Å². The largest absolute Gasteiger partial charge is 0.272 e. The van der Waals surface area contributed by atoms with Gasteiger partial charge in [-0.05, 0) is 53.5 Å². The minimum absolute atomic E-state index is 0.144. The predicted molar refractivity (Wildman–Crippen MR) is 81.5 cm³/mol. The summed E-state index contributed by atoms with van der Waals surface area (Å²) in [7, 11) is -3.66. The topological polar surface area (TPSA) is 59.1 Å². The number of nitrogens with one attached hydrogen (secondary N) is 1. The molecule has 0 unspecified atom stereocenters. The Balaban J connectivity index is 2.36. The van der Waals surface area contributed by atoms with E-state index < -0.39 is 10.0 Å². The number of halogens is 2. The number of hydrogen-bond acceptors (Lipinski definition) is 4. The Morgan fingerprint density at radius 1 is 1.32 bits per heavy atom.